The molecule has 0 aromatic carbocycles. The Labute approximate surface area is 135 Å². The highest BCUT2D eigenvalue weighted by molar-refractivity contribution is 7.17. The van der Waals surface area contributed by atoms with Crippen LogP contribution in [0.25, 0.3) is 0 Å². The molecule has 9 heteroatoms. The Morgan fingerprint density at radius 2 is 2.09 bits per heavy atom. The SMILES string of the molecule is COC(=O)c1c(NC(=O)c2c(=O)o[nH][n+]2C)sc2c1CCCC2. The molecule has 122 valence electrons. The zero-order chi connectivity index (χ0) is 16.6. The van der Waals surface area contributed by atoms with Crippen LogP contribution in [0.2, 0.25) is 0 Å². The smallest absolute Gasteiger partial charge is 0.440 e. The first-order valence-electron chi connectivity index (χ1n) is 7.14. The lowest BCUT2D eigenvalue weighted by Crippen LogP contribution is -2.41. The number of carbonyl (C=O) groups is 2. The van der Waals surface area contributed by atoms with Crippen LogP contribution in [0.4, 0.5) is 5.00 Å². The van der Waals surface area contributed by atoms with Crippen LogP contribution in [0.5, 0.6) is 0 Å². The number of esters is 1. The molecule has 2 heterocycles. The van der Waals surface area contributed by atoms with Gasteiger partial charge in [0.2, 0.25) is 0 Å². The standard InChI is InChI=1S/C14H15N3O5S/c1-17-10(14(20)22-16-17)11(18)15-12-9(13(19)21-2)7-5-3-4-6-8(7)23-12/h3-6H2,1-2H3,(H-,15,16,18,19,20)/p+1. The van der Waals surface area contributed by atoms with E-state index in [4.69, 9.17) is 4.74 Å². The van der Waals surface area contributed by atoms with Crippen molar-refractivity contribution < 1.29 is 23.5 Å². The Morgan fingerprint density at radius 3 is 2.74 bits per heavy atom. The quantitative estimate of drug-likeness (QED) is 0.635. The van der Waals surface area contributed by atoms with Gasteiger partial charge in [-0.05, 0) is 36.5 Å². The molecule has 2 aromatic rings. The minimum absolute atomic E-state index is 0.174. The third-order valence-electron chi connectivity index (χ3n) is 3.81. The number of H-pyrrole nitrogens is 1. The van der Waals surface area contributed by atoms with Gasteiger partial charge in [0.1, 0.15) is 5.00 Å². The number of aromatic amines is 1. The van der Waals surface area contributed by atoms with E-state index in [1.165, 1.54) is 30.2 Å². The number of thiophene rings is 1. The van der Waals surface area contributed by atoms with Crippen LogP contribution in [0, 0.1) is 0 Å². The van der Waals surface area contributed by atoms with Gasteiger partial charge in [0, 0.05) is 4.88 Å². The maximum Gasteiger partial charge on any atom is 0.440 e. The number of hydrogen-bond acceptors (Lipinski definition) is 6. The van der Waals surface area contributed by atoms with Crippen molar-refractivity contribution in [2.24, 2.45) is 7.05 Å². The molecule has 0 spiro atoms. The molecule has 1 aliphatic rings. The van der Waals surface area contributed by atoms with Crippen molar-refractivity contribution in [3.05, 3.63) is 32.1 Å². The molecule has 8 nitrogen and oxygen atoms in total. The highest BCUT2D eigenvalue weighted by Gasteiger charge is 2.31. The average Bonchev–Trinajstić information content (AvgIpc) is 3.06. The summed E-state index contributed by atoms with van der Waals surface area (Å²) in [4.78, 5) is 37.1. The molecule has 0 saturated heterocycles. The fourth-order valence-corrected chi connectivity index (χ4v) is 3.99. The minimum Gasteiger partial charge on any atom is -0.465 e. The number of methoxy groups -OCH3 is 1. The van der Waals surface area contributed by atoms with Crippen molar-refractivity contribution >= 4 is 28.2 Å². The fourth-order valence-electron chi connectivity index (χ4n) is 2.72. The van der Waals surface area contributed by atoms with E-state index in [9.17, 15) is 14.4 Å². The monoisotopic (exact) mass is 338 g/mol. The molecule has 23 heavy (non-hydrogen) atoms. The number of nitrogens with one attached hydrogen (secondary N) is 2. The lowest BCUT2D eigenvalue weighted by Gasteiger charge is -2.11. The molecule has 1 amide bonds. The van der Waals surface area contributed by atoms with E-state index in [1.807, 2.05) is 0 Å². The summed E-state index contributed by atoms with van der Waals surface area (Å²) in [6.07, 6.45) is 3.71. The first-order chi connectivity index (χ1) is 11.0. The number of aryl methyl sites for hydroxylation is 2. The first-order valence-corrected chi connectivity index (χ1v) is 7.96. The third-order valence-corrected chi connectivity index (χ3v) is 5.01. The van der Waals surface area contributed by atoms with Gasteiger partial charge in [-0.15, -0.1) is 11.3 Å². The molecule has 0 fully saturated rings. The Balaban J connectivity index is 2.00. The summed E-state index contributed by atoms with van der Waals surface area (Å²) < 4.78 is 10.6. The fraction of sp³-hybridized carbons (Fsp3) is 0.429. The molecule has 2 aromatic heterocycles. The lowest BCUT2D eigenvalue weighted by molar-refractivity contribution is -0.741. The van der Waals surface area contributed by atoms with E-state index in [0.717, 1.165) is 36.1 Å². The van der Waals surface area contributed by atoms with Crippen LogP contribution in [-0.2, 0) is 24.6 Å². The number of anilines is 1. The number of hydrogen-bond donors (Lipinski definition) is 2. The van der Waals surface area contributed by atoms with Gasteiger partial charge >= 0.3 is 23.2 Å². The number of amides is 1. The van der Waals surface area contributed by atoms with Crippen molar-refractivity contribution in [2.45, 2.75) is 25.7 Å². The van der Waals surface area contributed by atoms with Gasteiger partial charge in [-0.3, -0.25) is 9.32 Å². The second-order valence-electron chi connectivity index (χ2n) is 5.25. The minimum atomic E-state index is -0.772. The Bertz CT molecular complexity index is 832. The maximum absolute atomic E-state index is 12.3. The highest BCUT2D eigenvalue weighted by Crippen LogP contribution is 2.38. The topological polar surface area (TPSA) is 105 Å². The van der Waals surface area contributed by atoms with Gasteiger partial charge in [-0.2, -0.15) is 0 Å². The normalized spacial score (nSPS) is 13.5. The van der Waals surface area contributed by atoms with Crippen molar-refractivity contribution in [1.29, 1.82) is 0 Å². The van der Waals surface area contributed by atoms with Crippen LogP contribution in [-0.4, -0.2) is 24.3 Å². The van der Waals surface area contributed by atoms with Crippen LogP contribution in [0.3, 0.4) is 0 Å². The van der Waals surface area contributed by atoms with E-state index >= 15 is 0 Å². The van der Waals surface area contributed by atoms with Crippen molar-refractivity contribution in [3.8, 4) is 0 Å². The summed E-state index contributed by atoms with van der Waals surface area (Å²) in [5, 5.41) is 5.34. The molecule has 0 saturated carbocycles. The van der Waals surface area contributed by atoms with Gasteiger partial charge in [0.25, 0.3) is 0 Å². The Morgan fingerprint density at radius 1 is 1.35 bits per heavy atom. The van der Waals surface area contributed by atoms with Crippen LogP contribution in [0.15, 0.2) is 9.32 Å². The number of ether oxygens (including phenoxy) is 1. The molecule has 2 N–H and O–H groups in total. The summed E-state index contributed by atoms with van der Waals surface area (Å²) in [5.41, 5.74) is 0.384. The van der Waals surface area contributed by atoms with Crippen LogP contribution < -0.4 is 15.6 Å². The number of carbonyl (C=O) groups excluding carboxylic acids is 2. The first kappa shape index (κ1) is 15.5. The molecular weight excluding hydrogens is 322 g/mol. The van der Waals surface area contributed by atoms with E-state index < -0.39 is 17.5 Å². The molecule has 0 radical (unpaired) electrons. The molecule has 0 bridgehead atoms. The second kappa shape index (κ2) is 5.99. The second-order valence-corrected chi connectivity index (χ2v) is 6.35. The molecular formula is C14H16N3O5S+. The molecule has 0 unspecified atom stereocenters. The van der Waals surface area contributed by atoms with E-state index in [1.54, 1.807) is 0 Å². The number of aromatic nitrogens is 2. The Hall–Kier alpha value is -2.42. The molecule has 0 atom stereocenters. The van der Waals surface area contributed by atoms with Gasteiger partial charge in [-0.1, -0.05) is 4.68 Å². The summed E-state index contributed by atoms with van der Waals surface area (Å²) in [6.45, 7) is 0. The summed E-state index contributed by atoms with van der Waals surface area (Å²) in [6, 6.07) is 0. The summed E-state index contributed by atoms with van der Waals surface area (Å²) in [5.74, 6) is -1.11. The molecule has 1 aliphatic carbocycles. The maximum atomic E-state index is 12.3. The van der Waals surface area contributed by atoms with E-state index in [0.29, 0.717) is 10.6 Å². The van der Waals surface area contributed by atoms with E-state index in [-0.39, 0.29) is 5.69 Å². The predicted octanol–water partition coefficient (Wildman–Crippen LogP) is 0.772. The Kier molecular flexibility index (Phi) is 4.03. The third kappa shape index (κ3) is 2.67. The number of fused-ring (bicyclic) bond motifs is 1. The number of nitrogens with zero attached hydrogens (tertiary/aromatic N) is 1. The zero-order valence-corrected chi connectivity index (χ0v) is 13.5. The largest absolute Gasteiger partial charge is 0.465 e. The average molecular weight is 338 g/mol. The van der Waals surface area contributed by atoms with Gasteiger partial charge in [0.05, 0.1) is 12.7 Å². The summed E-state index contributed by atoms with van der Waals surface area (Å²) >= 11 is 1.36. The van der Waals surface area contributed by atoms with E-state index in [2.05, 4.69) is 15.1 Å². The highest BCUT2D eigenvalue weighted by atomic mass is 32.1. The number of rotatable bonds is 3. The van der Waals surface area contributed by atoms with Crippen molar-refractivity contribution in [3.63, 3.8) is 0 Å². The van der Waals surface area contributed by atoms with Crippen LogP contribution >= 0.6 is 11.3 Å². The van der Waals surface area contributed by atoms with Crippen LogP contribution in [0.1, 0.15) is 44.1 Å². The van der Waals surface area contributed by atoms with Gasteiger partial charge < -0.3 is 10.1 Å². The zero-order valence-electron chi connectivity index (χ0n) is 12.7. The lowest BCUT2D eigenvalue weighted by atomic mass is 9.95. The predicted molar refractivity (Wildman–Crippen MR) is 80.8 cm³/mol. The van der Waals surface area contributed by atoms with Crippen molar-refractivity contribution in [1.82, 2.24) is 5.27 Å². The summed E-state index contributed by atoms with van der Waals surface area (Å²) in [7, 11) is 2.79. The van der Waals surface area contributed by atoms with Gasteiger partial charge in [0.15, 0.2) is 7.05 Å². The molecule has 0 aliphatic heterocycles. The van der Waals surface area contributed by atoms with Gasteiger partial charge in [-0.25, -0.2) is 9.59 Å². The molecule has 3 rings (SSSR count). The van der Waals surface area contributed by atoms with Crippen molar-refractivity contribution in [2.75, 3.05) is 12.4 Å².